The number of anilines is 1. The van der Waals surface area contributed by atoms with Crippen LogP contribution in [0.2, 0.25) is 0 Å². The topological polar surface area (TPSA) is 61.8 Å². The third-order valence-electron chi connectivity index (χ3n) is 3.99. The number of halogens is 1. The van der Waals surface area contributed by atoms with E-state index in [1.807, 2.05) is 0 Å². The van der Waals surface area contributed by atoms with Crippen LogP contribution in [0, 0.1) is 5.82 Å². The molecule has 1 aromatic rings. The Morgan fingerprint density at radius 1 is 1.38 bits per heavy atom. The van der Waals surface area contributed by atoms with Crippen molar-refractivity contribution in [3.05, 3.63) is 29.6 Å². The second-order valence-electron chi connectivity index (χ2n) is 7.29. The van der Waals surface area contributed by atoms with Gasteiger partial charge < -0.3 is 20.1 Å². The lowest BCUT2D eigenvalue weighted by molar-refractivity contribution is 0.0508. The molecule has 1 aromatic carbocycles. The largest absolute Gasteiger partial charge is 0.444 e. The zero-order valence-electron chi connectivity index (χ0n) is 14.8. The van der Waals surface area contributed by atoms with E-state index >= 15 is 0 Å². The van der Waals surface area contributed by atoms with Crippen molar-refractivity contribution in [1.29, 1.82) is 0 Å². The second-order valence-corrected chi connectivity index (χ2v) is 7.29. The van der Waals surface area contributed by atoms with Gasteiger partial charge in [0, 0.05) is 24.3 Å². The van der Waals surface area contributed by atoms with Crippen molar-refractivity contribution in [3.63, 3.8) is 0 Å². The lowest BCUT2D eigenvalue weighted by Crippen LogP contribution is -2.38. The van der Waals surface area contributed by atoms with Crippen molar-refractivity contribution in [3.8, 4) is 0 Å². The number of carbonyl (C=O) groups is 1. The summed E-state index contributed by atoms with van der Waals surface area (Å²) in [6.45, 7) is 8.61. The number of nitrogens with zero attached hydrogens (tertiary/aromatic N) is 1. The Morgan fingerprint density at radius 3 is 2.58 bits per heavy atom. The summed E-state index contributed by atoms with van der Waals surface area (Å²) >= 11 is 0. The minimum Gasteiger partial charge on any atom is -0.444 e. The zero-order valence-corrected chi connectivity index (χ0v) is 14.8. The first-order chi connectivity index (χ1) is 11.2. The first kappa shape index (κ1) is 18.5. The number of amides is 1. The maximum Gasteiger partial charge on any atom is 0.408 e. The number of benzene rings is 1. The van der Waals surface area contributed by atoms with Crippen LogP contribution < -0.4 is 10.2 Å². The predicted molar refractivity (Wildman–Crippen MR) is 91.6 cm³/mol. The molecule has 1 amide bonds. The number of aliphatic hydroxyl groups excluding tert-OH is 1. The SMILES string of the molecule is CC(NC(=O)OC(C)(C)C)c1cc(F)ccc1N1CCC(O)CC1. The van der Waals surface area contributed by atoms with Crippen molar-refractivity contribution in [2.75, 3.05) is 18.0 Å². The summed E-state index contributed by atoms with van der Waals surface area (Å²) in [6, 6.07) is 4.21. The van der Waals surface area contributed by atoms with Gasteiger partial charge in [-0.1, -0.05) is 0 Å². The fourth-order valence-electron chi connectivity index (χ4n) is 2.83. The molecule has 0 aliphatic carbocycles. The van der Waals surface area contributed by atoms with E-state index in [2.05, 4.69) is 10.2 Å². The third kappa shape index (κ3) is 5.09. The molecule has 1 heterocycles. The van der Waals surface area contributed by atoms with E-state index in [4.69, 9.17) is 4.74 Å². The fraction of sp³-hybridized carbons (Fsp3) is 0.611. The summed E-state index contributed by atoms with van der Waals surface area (Å²) in [7, 11) is 0. The molecular formula is C18H27FN2O3. The van der Waals surface area contributed by atoms with Crippen LogP contribution in [-0.4, -0.2) is 36.0 Å². The van der Waals surface area contributed by atoms with E-state index in [0.717, 1.165) is 5.69 Å². The highest BCUT2D eigenvalue weighted by atomic mass is 19.1. The van der Waals surface area contributed by atoms with Crippen LogP contribution in [0.4, 0.5) is 14.9 Å². The lowest BCUT2D eigenvalue weighted by Gasteiger charge is -2.34. The first-order valence-electron chi connectivity index (χ1n) is 8.37. The Morgan fingerprint density at radius 2 is 2.00 bits per heavy atom. The number of piperidine rings is 1. The van der Waals surface area contributed by atoms with Gasteiger partial charge in [0.1, 0.15) is 11.4 Å². The minimum absolute atomic E-state index is 0.275. The van der Waals surface area contributed by atoms with Crippen LogP contribution in [-0.2, 0) is 4.74 Å². The van der Waals surface area contributed by atoms with Gasteiger partial charge in [0.2, 0.25) is 0 Å². The van der Waals surface area contributed by atoms with E-state index in [9.17, 15) is 14.3 Å². The molecule has 1 atom stereocenters. The first-order valence-corrected chi connectivity index (χ1v) is 8.37. The number of alkyl carbamates (subject to hydrolysis) is 1. The number of carbonyl (C=O) groups excluding carboxylic acids is 1. The summed E-state index contributed by atoms with van der Waals surface area (Å²) in [5.74, 6) is -0.344. The highest BCUT2D eigenvalue weighted by Gasteiger charge is 2.24. The number of hydrogen-bond donors (Lipinski definition) is 2. The van der Waals surface area contributed by atoms with Crippen molar-refractivity contribution in [1.82, 2.24) is 5.32 Å². The number of hydrogen-bond acceptors (Lipinski definition) is 4. The Labute approximate surface area is 142 Å². The van der Waals surface area contributed by atoms with Crippen molar-refractivity contribution >= 4 is 11.8 Å². The second kappa shape index (κ2) is 7.38. The van der Waals surface area contributed by atoms with Crippen LogP contribution in [0.15, 0.2) is 18.2 Å². The highest BCUT2D eigenvalue weighted by molar-refractivity contribution is 5.69. The van der Waals surface area contributed by atoms with Gasteiger partial charge in [-0.2, -0.15) is 0 Å². The minimum atomic E-state index is -0.586. The normalized spacial score (nSPS) is 17.5. The van der Waals surface area contributed by atoms with Crippen molar-refractivity contribution < 1.29 is 19.0 Å². The van der Waals surface area contributed by atoms with Gasteiger partial charge in [-0.25, -0.2) is 9.18 Å². The molecule has 1 aliphatic heterocycles. The Balaban J connectivity index is 2.16. The van der Waals surface area contributed by atoms with Gasteiger partial charge in [0.15, 0.2) is 0 Å². The highest BCUT2D eigenvalue weighted by Crippen LogP contribution is 2.30. The van der Waals surface area contributed by atoms with Gasteiger partial charge in [0.05, 0.1) is 12.1 Å². The third-order valence-corrected chi connectivity index (χ3v) is 3.99. The molecule has 1 fully saturated rings. The standard InChI is InChI=1S/C18H27FN2O3/c1-12(20-17(23)24-18(2,3)4)15-11-13(19)5-6-16(15)21-9-7-14(22)8-10-21/h5-6,11-12,14,22H,7-10H2,1-4H3,(H,20,23). The average molecular weight is 338 g/mol. The van der Waals surface area contributed by atoms with Crippen LogP contribution in [0.1, 0.15) is 52.1 Å². The summed E-state index contributed by atoms with van der Waals surface area (Å²) in [5.41, 5.74) is 1.00. The molecular weight excluding hydrogens is 311 g/mol. The Bertz CT molecular complexity index is 578. The van der Waals surface area contributed by atoms with E-state index in [1.54, 1.807) is 33.8 Å². The maximum absolute atomic E-state index is 13.7. The molecule has 24 heavy (non-hydrogen) atoms. The molecule has 5 nitrogen and oxygen atoms in total. The van der Waals surface area contributed by atoms with Crippen molar-refractivity contribution in [2.24, 2.45) is 0 Å². The monoisotopic (exact) mass is 338 g/mol. The maximum atomic E-state index is 13.7. The summed E-state index contributed by atoms with van der Waals surface area (Å²) in [6.07, 6.45) is 0.566. The molecule has 134 valence electrons. The van der Waals surface area contributed by atoms with Crippen LogP contribution in [0.3, 0.4) is 0 Å². The molecule has 2 rings (SSSR count). The quantitative estimate of drug-likeness (QED) is 0.887. The summed E-state index contributed by atoms with van der Waals surface area (Å²) < 4.78 is 19.0. The number of nitrogens with one attached hydrogen (secondary N) is 1. The average Bonchev–Trinajstić information content (AvgIpc) is 2.46. The Kier molecular flexibility index (Phi) is 5.70. The van der Waals surface area contributed by atoms with Gasteiger partial charge in [-0.3, -0.25) is 0 Å². The van der Waals surface area contributed by atoms with E-state index in [0.29, 0.717) is 31.5 Å². The van der Waals surface area contributed by atoms with Crippen molar-refractivity contribution in [2.45, 2.75) is 58.3 Å². The molecule has 2 N–H and O–H groups in total. The fourth-order valence-corrected chi connectivity index (χ4v) is 2.83. The lowest BCUT2D eigenvalue weighted by atomic mass is 10.0. The zero-order chi connectivity index (χ0) is 17.9. The van der Waals surface area contributed by atoms with Gasteiger partial charge in [-0.05, 0) is 58.7 Å². The number of rotatable bonds is 3. The van der Waals surface area contributed by atoms with Gasteiger partial charge >= 0.3 is 6.09 Å². The molecule has 0 radical (unpaired) electrons. The van der Waals surface area contributed by atoms with Gasteiger partial charge in [0.25, 0.3) is 0 Å². The van der Waals surface area contributed by atoms with Crippen LogP contribution in [0.5, 0.6) is 0 Å². The molecule has 6 heteroatoms. The molecule has 1 unspecified atom stereocenters. The molecule has 0 saturated carbocycles. The number of ether oxygens (including phenoxy) is 1. The summed E-state index contributed by atoms with van der Waals surface area (Å²) in [4.78, 5) is 14.1. The molecule has 1 aliphatic rings. The Hall–Kier alpha value is -1.82. The predicted octanol–water partition coefficient (Wildman–Crippen LogP) is 3.37. The molecule has 0 aromatic heterocycles. The van der Waals surface area contributed by atoms with E-state index < -0.39 is 17.7 Å². The smallest absolute Gasteiger partial charge is 0.408 e. The summed E-state index contributed by atoms with van der Waals surface area (Å²) in [5, 5.41) is 12.4. The van der Waals surface area contributed by atoms with Gasteiger partial charge in [-0.15, -0.1) is 0 Å². The number of aliphatic hydroxyl groups is 1. The molecule has 0 bridgehead atoms. The van der Waals surface area contributed by atoms with Crippen LogP contribution >= 0.6 is 0 Å². The van der Waals surface area contributed by atoms with E-state index in [-0.39, 0.29) is 11.9 Å². The molecule has 0 spiro atoms. The molecule has 1 saturated heterocycles. The van der Waals surface area contributed by atoms with Crippen LogP contribution in [0.25, 0.3) is 0 Å². The van der Waals surface area contributed by atoms with E-state index in [1.165, 1.54) is 12.1 Å².